The van der Waals surface area contributed by atoms with Crippen LogP contribution in [0, 0.1) is 6.92 Å². The van der Waals surface area contributed by atoms with Crippen molar-refractivity contribution < 1.29 is 4.79 Å². The van der Waals surface area contributed by atoms with Crippen LogP contribution in [0.5, 0.6) is 0 Å². The van der Waals surface area contributed by atoms with E-state index in [-0.39, 0.29) is 17.9 Å². The van der Waals surface area contributed by atoms with Crippen molar-refractivity contribution in [2.75, 3.05) is 13.1 Å². The molecule has 0 fully saturated rings. The van der Waals surface area contributed by atoms with Crippen LogP contribution in [-0.4, -0.2) is 43.8 Å². The van der Waals surface area contributed by atoms with E-state index in [0.717, 1.165) is 17.5 Å². The van der Waals surface area contributed by atoms with Crippen molar-refractivity contribution in [2.45, 2.75) is 19.8 Å². The molecule has 4 aromatic rings. The normalized spacial score (nSPS) is 13.9. The summed E-state index contributed by atoms with van der Waals surface area (Å²) in [6.45, 7) is 2.93. The first-order chi connectivity index (χ1) is 15.6. The minimum absolute atomic E-state index is 0.0394. The minimum Gasteiger partial charge on any atom is -0.361 e. The predicted molar refractivity (Wildman–Crippen MR) is 124 cm³/mol. The highest BCUT2D eigenvalue weighted by Gasteiger charge is 2.22. The fourth-order valence-electron chi connectivity index (χ4n) is 4.20. The molecule has 160 valence electrons. The summed E-state index contributed by atoms with van der Waals surface area (Å²) in [7, 11) is 0. The van der Waals surface area contributed by atoms with Crippen molar-refractivity contribution >= 4 is 22.4 Å². The predicted octanol–water partition coefficient (Wildman–Crippen LogP) is 3.48. The average molecular weight is 425 g/mol. The van der Waals surface area contributed by atoms with Crippen molar-refractivity contribution in [1.82, 2.24) is 24.8 Å². The van der Waals surface area contributed by atoms with Gasteiger partial charge in [-0.15, -0.1) is 0 Å². The number of nitrogens with zero attached hydrogens (tertiary/aromatic N) is 3. The molecule has 1 aromatic carbocycles. The molecule has 0 bridgehead atoms. The van der Waals surface area contributed by atoms with Gasteiger partial charge in [0, 0.05) is 65.0 Å². The number of H-pyrrole nitrogens is 2. The van der Waals surface area contributed by atoms with E-state index in [1.807, 2.05) is 24.4 Å². The molecule has 0 saturated carbocycles. The lowest BCUT2D eigenvalue weighted by Crippen LogP contribution is -2.37. The van der Waals surface area contributed by atoms with Crippen LogP contribution in [0.1, 0.15) is 23.2 Å². The number of amides is 1. The highest BCUT2D eigenvalue weighted by atomic mass is 16.2. The van der Waals surface area contributed by atoms with E-state index in [1.54, 1.807) is 30.3 Å². The maximum absolute atomic E-state index is 12.9. The molecule has 4 heterocycles. The molecule has 0 aliphatic carbocycles. The second-order valence-corrected chi connectivity index (χ2v) is 7.96. The lowest BCUT2D eigenvalue weighted by atomic mass is 9.98. The number of hydrogen-bond acceptors (Lipinski definition) is 4. The van der Waals surface area contributed by atoms with Gasteiger partial charge >= 0.3 is 0 Å². The van der Waals surface area contributed by atoms with Crippen molar-refractivity contribution in [3.05, 3.63) is 88.2 Å². The summed E-state index contributed by atoms with van der Waals surface area (Å²) in [5, 5.41) is 1.19. The molecule has 1 amide bonds. The van der Waals surface area contributed by atoms with E-state index < -0.39 is 0 Å². The molecule has 0 spiro atoms. The molecule has 1 aliphatic heterocycles. The van der Waals surface area contributed by atoms with Crippen molar-refractivity contribution in [3.63, 3.8) is 0 Å². The van der Waals surface area contributed by atoms with Gasteiger partial charge in [-0.25, -0.2) is 4.98 Å². The maximum Gasteiger partial charge on any atom is 0.255 e. The molecule has 32 heavy (non-hydrogen) atoms. The Bertz CT molecular complexity index is 1380. The molecule has 3 aromatic heterocycles. The lowest BCUT2D eigenvalue weighted by Gasteiger charge is -2.26. The first kappa shape index (κ1) is 19.9. The zero-order chi connectivity index (χ0) is 22.1. The average Bonchev–Trinajstić information content (AvgIpc) is 3.26. The number of aromatic amines is 2. The van der Waals surface area contributed by atoms with E-state index >= 15 is 0 Å². The number of carbonyl (C=O) groups is 1. The van der Waals surface area contributed by atoms with Gasteiger partial charge in [0.25, 0.3) is 5.56 Å². The van der Waals surface area contributed by atoms with Gasteiger partial charge in [-0.05, 0) is 37.1 Å². The van der Waals surface area contributed by atoms with E-state index in [2.05, 4.69) is 38.1 Å². The Balaban J connectivity index is 1.31. The van der Waals surface area contributed by atoms with Crippen LogP contribution < -0.4 is 5.56 Å². The quantitative estimate of drug-likeness (QED) is 0.523. The number of hydrogen-bond donors (Lipinski definition) is 2. The summed E-state index contributed by atoms with van der Waals surface area (Å²) in [5.74, 6) is 0.393. The van der Waals surface area contributed by atoms with Gasteiger partial charge in [0.2, 0.25) is 5.91 Å². The SMILES string of the molecule is Cc1nc(-c2cccnc2)[nH]c(=O)c1CC(=O)N1CC=C(c2c[nH]c3ccccc23)CC1. The van der Waals surface area contributed by atoms with Crippen LogP contribution >= 0.6 is 0 Å². The Kier molecular flexibility index (Phi) is 5.15. The van der Waals surface area contributed by atoms with E-state index in [9.17, 15) is 9.59 Å². The first-order valence-corrected chi connectivity index (χ1v) is 10.6. The second kappa shape index (κ2) is 8.26. The number of aryl methyl sites for hydroxylation is 1. The highest BCUT2D eigenvalue weighted by Crippen LogP contribution is 2.29. The molecule has 0 radical (unpaired) electrons. The Morgan fingerprint density at radius 1 is 1.19 bits per heavy atom. The maximum atomic E-state index is 12.9. The molecule has 7 heteroatoms. The van der Waals surface area contributed by atoms with E-state index in [1.165, 1.54) is 16.5 Å². The van der Waals surface area contributed by atoms with Crippen molar-refractivity contribution in [1.29, 1.82) is 0 Å². The molecular weight excluding hydrogens is 402 g/mol. The first-order valence-electron chi connectivity index (χ1n) is 10.6. The van der Waals surface area contributed by atoms with Gasteiger partial charge < -0.3 is 14.9 Å². The van der Waals surface area contributed by atoms with Crippen molar-refractivity contribution in [2.24, 2.45) is 0 Å². The number of para-hydroxylation sites is 1. The zero-order valence-electron chi connectivity index (χ0n) is 17.8. The van der Waals surface area contributed by atoms with Crippen LogP contribution in [0.4, 0.5) is 0 Å². The summed E-state index contributed by atoms with van der Waals surface area (Å²) in [6, 6.07) is 11.8. The van der Waals surface area contributed by atoms with Gasteiger partial charge in [-0.1, -0.05) is 24.3 Å². The Morgan fingerprint density at radius 2 is 2.06 bits per heavy atom. The molecule has 2 N–H and O–H groups in total. The number of fused-ring (bicyclic) bond motifs is 1. The molecule has 5 rings (SSSR count). The topological polar surface area (TPSA) is 94.7 Å². The monoisotopic (exact) mass is 425 g/mol. The summed E-state index contributed by atoms with van der Waals surface area (Å²) in [5.41, 5.74) is 4.97. The Labute approximate surface area is 184 Å². The molecule has 1 aliphatic rings. The van der Waals surface area contributed by atoms with Crippen molar-refractivity contribution in [3.8, 4) is 11.4 Å². The summed E-state index contributed by atoms with van der Waals surface area (Å²) in [4.78, 5) is 42.1. The second-order valence-electron chi connectivity index (χ2n) is 7.96. The molecule has 7 nitrogen and oxygen atoms in total. The Morgan fingerprint density at radius 3 is 2.81 bits per heavy atom. The summed E-state index contributed by atoms with van der Waals surface area (Å²) < 4.78 is 0. The summed E-state index contributed by atoms with van der Waals surface area (Å²) in [6.07, 6.45) is 8.27. The Hall–Kier alpha value is -4.00. The van der Waals surface area contributed by atoms with E-state index in [0.29, 0.717) is 30.2 Å². The molecule has 0 saturated heterocycles. The summed E-state index contributed by atoms with van der Waals surface area (Å²) >= 11 is 0. The van der Waals surface area contributed by atoms with Gasteiger partial charge in [0.1, 0.15) is 5.82 Å². The molecule has 0 unspecified atom stereocenters. The standard InChI is InChI=1S/C25H23N5O2/c1-16-20(25(32)29-24(28-16)18-5-4-10-26-14-18)13-23(31)30-11-8-17(9-12-30)21-15-27-22-7-3-2-6-19(21)22/h2-8,10,14-15,27H,9,11-13H2,1H3,(H,28,29,32). The van der Waals surface area contributed by atoms with Crippen LogP contribution in [0.15, 0.2) is 65.9 Å². The number of pyridine rings is 1. The van der Waals surface area contributed by atoms with Gasteiger partial charge in [-0.3, -0.25) is 14.6 Å². The number of carbonyl (C=O) groups excluding carboxylic acids is 1. The van der Waals surface area contributed by atoms with Gasteiger partial charge in [-0.2, -0.15) is 0 Å². The number of rotatable bonds is 4. The highest BCUT2D eigenvalue weighted by molar-refractivity contribution is 5.93. The third kappa shape index (κ3) is 3.73. The largest absolute Gasteiger partial charge is 0.361 e. The number of benzene rings is 1. The minimum atomic E-state index is -0.281. The lowest BCUT2D eigenvalue weighted by molar-refractivity contribution is -0.130. The third-order valence-electron chi connectivity index (χ3n) is 5.98. The zero-order valence-corrected chi connectivity index (χ0v) is 17.8. The van der Waals surface area contributed by atoms with Crippen LogP contribution in [-0.2, 0) is 11.2 Å². The smallest absolute Gasteiger partial charge is 0.255 e. The fraction of sp³-hybridized carbons (Fsp3) is 0.200. The third-order valence-corrected chi connectivity index (χ3v) is 5.98. The van der Waals surface area contributed by atoms with Crippen LogP contribution in [0.25, 0.3) is 27.9 Å². The fourth-order valence-corrected chi connectivity index (χ4v) is 4.20. The number of aromatic nitrogens is 4. The van der Waals surface area contributed by atoms with Crippen LogP contribution in [0.3, 0.4) is 0 Å². The van der Waals surface area contributed by atoms with E-state index in [4.69, 9.17) is 0 Å². The number of nitrogens with one attached hydrogen (secondary N) is 2. The van der Waals surface area contributed by atoms with Gasteiger partial charge in [0.15, 0.2) is 0 Å². The van der Waals surface area contributed by atoms with Crippen LogP contribution in [0.2, 0.25) is 0 Å². The molecular formula is C25H23N5O2. The molecule has 0 atom stereocenters. The van der Waals surface area contributed by atoms with Gasteiger partial charge in [0.05, 0.1) is 6.42 Å².